The number of amides is 1. The van der Waals surface area contributed by atoms with E-state index in [1.807, 2.05) is 4.90 Å². The molecule has 0 aromatic rings. The highest BCUT2D eigenvalue weighted by Crippen LogP contribution is 2.21. The summed E-state index contributed by atoms with van der Waals surface area (Å²) in [5, 5.41) is 0. The molecule has 3 heteroatoms. The van der Waals surface area contributed by atoms with Gasteiger partial charge in [0, 0.05) is 25.7 Å². The van der Waals surface area contributed by atoms with Crippen LogP contribution in [-0.4, -0.2) is 47.9 Å². The predicted molar refractivity (Wildman–Crippen MR) is 72.0 cm³/mol. The molecule has 0 saturated carbocycles. The molecule has 17 heavy (non-hydrogen) atoms. The number of carbonyl (C=O) groups excluding carboxylic acids is 1. The van der Waals surface area contributed by atoms with E-state index in [2.05, 4.69) is 32.6 Å². The molecule has 1 aliphatic heterocycles. The van der Waals surface area contributed by atoms with E-state index in [-0.39, 0.29) is 5.92 Å². The van der Waals surface area contributed by atoms with Crippen LogP contribution in [0.2, 0.25) is 0 Å². The smallest absolute Gasteiger partial charge is 0.226 e. The third kappa shape index (κ3) is 3.70. The molecule has 2 unspecified atom stereocenters. The maximum atomic E-state index is 12.3. The SMILES string of the molecule is CCC(C)N1CCCC(C(=O)N(CC)CC)C1. The fraction of sp³-hybridized carbons (Fsp3) is 0.929. The summed E-state index contributed by atoms with van der Waals surface area (Å²) in [6.45, 7) is 12.4. The monoisotopic (exact) mass is 240 g/mol. The van der Waals surface area contributed by atoms with Crippen molar-refractivity contribution in [2.24, 2.45) is 5.92 Å². The van der Waals surface area contributed by atoms with E-state index in [1.165, 1.54) is 12.8 Å². The van der Waals surface area contributed by atoms with Crippen molar-refractivity contribution < 1.29 is 4.79 Å². The van der Waals surface area contributed by atoms with Crippen LogP contribution >= 0.6 is 0 Å². The average Bonchev–Trinajstić information content (AvgIpc) is 2.39. The van der Waals surface area contributed by atoms with E-state index >= 15 is 0 Å². The molecule has 0 spiro atoms. The molecule has 1 saturated heterocycles. The second kappa shape index (κ2) is 7.00. The zero-order chi connectivity index (χ0) is 12.8. The van der Waals surface area contributed by atoms with Crippen molar-refractivity contribution >= 4 is 5.91 Å². The summed E-state index contributed by atoms with van der Waals surface area (Å²) in [6, 6.07) is 0.613. The summed E-state index contributed by atoms with van der Waals surface area (Å²) in [6.07, 6.45) is 3.41. The number of hydrogen-bond acceptors (Lipinski definition) is 2. The molecule has 0 N–H and O–H groups in total. The van der Waals surface area contributed by atoms with Crippen molar-refractivity contribution in [1.29, 1.82) is 0 Å². The maximum absolute atomic E-state index is 12.3. The van der Waals surface area contributed by atoms with E-state index in [9.17, 15) is 4.79 Å². The first-order chi connectivity index (χ1) is 8.13. The van der Waals surface area contributed by atoms with Crippen LogP contribution in [0.3, 0.4) is 0 Å². The molecule has 2 atom stereocenters. The predicted octanol–water partition coefficient (Wildman–Crippen LogP) is 2.37. The fourth-order valence-electron chi connectivity index (χ4n) is 2.66. The molecule has 1 heterocycles. The highest BCUT2D eigenvalue weighted by molar-refractivity contribution is 5.79. The Morgan fingerprint density at radius 3 is 2.53 bits per heavy atom. The van der Waals surface area contributed by atoms with Gasteiger partial charge in [0.2, 0.25) is 5.91 Å². The second-order valence-corrected chi connectivity index (χ2v) is 5.10. The molecule has 1 aliphatic rings. The lowest BCUT2D eigenvalue weighted by Crippen LogP contribution is -2.47. The summed E-state index contributed by atoms with van der Waals surface area (Å²) in [5.41, 5.74) is 0. The van der Waals surface area contributed by atoms with Crippen molar-refractivity contribution in [3.8, 4) is 0 Å². The van der Waals surface area contributed by atoms with Gasteiger partial charge >= 0.3 is 0 Å². The average molecular weight is 240 g/mol. The lowest BCUT2D eigenvalue weighted by Gasteiger charge is -2.37. The number of hydrogen-bond donors (Lipinski definition) is 0. The number of piperidine rings is 1. The molecule has 0 bridgehead atoms. The molecule has 1 fully saturated rings. The van der Waals surface area contributed by atoms with E-state index in [4.69, 9.17) is 0 Å². The van der Waals surface area contributed by atoms with Crippen LogP contribution in [0.1, 0.15) is 47.0 Å². The van der Waals surface area contributed by atoms with Crippen molar-refractivity contribution in [3.63, 3.8) is 0 Å². The van der Waals surface area contributed by atoms with Crippen molar-refractivity contribution in [2.75, 3.05) is 26.2 Å². The van der Waals surface area contributed by atoms with Crippen molar-refractivity contribution in [2.45, 2.75) is 53.0 Å². The molecular formula is C14H28N2O. The molecule has 100 valence electrons. The lowest BCUT2D eigenvalue weighted by molar-refractivity contribution is -0.137. The molecule has 1 amide bonds. The fourth-order valence-corrected chi connectivity index (χ4v) is 2.66. The molecular weight excluding hydrogens is 212 g/mol. The first kappa shape index (κ1) is 14.5. The Labute approximate surface area is 106 Å². The van der Waals surface area contributed by atoms with Crippen LogP contribution in [0, 0.1) is 5.92 Å². The Bertz CT molecular complexity index is 238. The lowest BCUT2D eigenvalue weighted by atomic mass is 9.95. The number of rotatable bonds is 5. The van der Waals surface area contributed by atoms with Crippen LogP contribution in [-0.2, 0) is 4.79 Å². The minimum absolute atomic E-state index is 0.234. The molecule has 1 rings (SSSR count). The van der Waals surface area contributed by atoms with E-state index in [0.29, 0.717) is 11.9 Å². The molecule has 0 aromatic heterocycles. The van der Waals surface area contributed by atoms with Crippen LogP contribution in [0.25, 0.3) is 0 Å². The Morgan fingerprint density at radius 1 is 1.35 bits per heavy atom. The molecule has 0 radical (unpaired) electrons. The molecule has 0 aliphatic carbocycles. The van der Waals surface area contributed by atoms with E-state index in [1.54, 1.807) is 0 Å². The summed E-state index contributed by atoms with van der Waals surface area (Å²) >= 11 is 0. The Hall–Kier alpha value is -0.570. The zero-order valence-corrected chi connectivity index (χ0v) is 11.9. The van der Waals surface area contributed by atoms with Gasteiger partial charge in [0.25, 0.3) is 0 Å². The normalized spacial score (nSPS) is 23.4. The number of likely N-dealkylation sites (tertiary alicyclic amines) is 1. The minimum atomic E-state index is 0.234. The summed E-state index contributed by atoms with van der Waals surface area (Å²) < 4.78 is 0. The van der Waals surface area contributed by atoms with Gasteiger partial charge in [-0.25, -0.2) is 0 Å². The zero-order valence-electron chi connectivity index (χ0n) is 11.9. The largest absolute Gasteiger partial charge is 0.343 e. The highest BCUT2D eigenvalue weighted by atomic mass is 16.2. The van der Waals surface area contributed by atoms with Gasteiger partial charge in [-0.3, -0.25) is 9.69 Å². The number of nitrogens with zero attached hydrogens (tertiary/aromatic N) is 2. The Morgan fingerprint density at radius 2 is 2.00 bits per heavy atom. The minimum Gasteiger partial charge on any atom is -0.343 e. The number of carbonyl (C=O) groups is 1. The van der Waals surface area contributed by atoms with Gasteiger partial charge in [-0.1, -0.05) is 6.92 Å². The van der Waals surface area contributed by atoms with Gasteiger partial charge in [-0.05, 0) is 46.6 Å². The van der Waals surface area contributed by atoms with Crippen LogP contribution in [0.4, 0.5) is 0 Å². The van der Waals surface area contributed by atoms with Gasteiger partial charge in [-0.2, -0.15) is 0 Å². The van der Waals surface area contributed by atoms with Gasteiger partial charge < -0.3 is 4.90 Å². The van der Waals surface area contributed by atoms with Gasteiger partial charge in [-0.15, -0.1) is 0 Å². The van der Waals surface area contributed by atoms with Crippen LogP contribution in [0.15, 0.2) is 0 Å². The summed E-state index contributed by atoms with van der Waals surface area (Å²) in [5.74, 6) is 0.598. The first-order valence-electron chi connectivity index (χ1n) is 7.16. The van der Waals surface area contributed by atoms with Crippen LogP contribution < -0.4 is 0 Å². The van der Waals surface area contributed by atoms with Crippen LogP contribution in [0.5, 0.6) is 0 Å². The Balaban J connectivity index is 2.56. The summed E-state index contributed by atoms with van der Waals surface area (Å²) in [4.78, 5) is 16.8. The van der Waals surface area contributed by atoms with Crippen molar-refractivity contribution in [3.05, 3.63) is 0 Å². The van der Waals surface area contributed by atoms with E-state index < -0.39 is 0 Å². The van der Waals surface area contributed by atoms with Gasteiger partial charge in [0.1, 0.15) is 0 Å². The summed E-state index contributed by atoms with van der Waals surface area (Å²) in [7, 11) is 0. The standard InChI is InChI=1S/C14H28N2O/c1-5-12(4)16-10-8-9-13(11-16)14(17)15(6-2)7-3/h12-13H,5-11H2,1-4H3. The van der Waals surface area contributed by atoms with E-state index in [0.717, 1.165) is 32.6 Å². The third-order valence-electron chi connectivity index (χ3n) is 4.09. The molecule has 3 nitrogen and oxygen atoms in total. The maximum Gasteiger partial charge on any atom is 0.226 e. The Kier molecular flexibility index (Phi) is 5.96. The topological polar surface area (TPSA) is 23.6 Å². The second-order valence-electron chi connectivity index (χ2n) is 5.10. The quantitative estimate of drug-likeness (QED) is 0.736. The van der Waals surface area contributed by atoms with Gasteiger partial charge in [0.05, 0.1) is 5.92 Å². The first-order valence-corrected chi connectivity index (χ1v) is 7.16. The highest BCUT2D eigenvalue weighted by Gasteiger charge is 2.29. The third-order valence-corrected chi connectivity index (χ3v) is 4.09. The molecule has 0 aromatic carbocycles. The van der Waals surface area contributed by atoms with Crippen molar-refractivity contribution in [1.82, 2.24) is 9.80 Å². The van der Waals surface area contributed by atoms with Gasteiger partial charge in [0.15, 0.2) is 0 Å².